The first kappa shape index (κ1) is 18.8. The number of nitrogens with one attached hydrogen (secondary N) is 4. The Kier molecular flexibility index (Phi) is 6.44. The van der Waals surface area contributed by atoms with E-state index in [2.05, 4.69) is 28.3 Å². The van der Waals surface area contributed by atoms with Crippen molar-refractivity contribution in [2.75, 3.05) is 20.1 Å². The van der Waals surface area contributed by atoms with Crippen molar-refractivity contribution >= 4 is 46.6 Å². The normalized spacial score (nSPS) is 27.6. The fourth-order valence-electron chi connectivity index (χ4n) is 3.76. The number of benzene rings is 1. The summed E-state index contributed by atoms with van der Waals surface area (Å²) in [6.45, 7) is 2.32. The van der Waals surface area contributed by atoms with Gasteiger partial charge in [0.1, 0.15) is 11.3 Å². The second-order valence-electron chi connectivity index (χ2n) is 6.57. The number of hydrogen-bond acceptors (Lipinski definition) is 3. The molecule has 5 nitrogen and oxygen atoms in total. The predicted molar refractivity (Wildman–Crippen MR) is 106 cm³/mol. The van der Waals surface area contributed by atoms with Crippen LogP contribution in [0, 0.1) is 11.8 Å². The molecule has 1 aromatic carbocycles. The molecule has 3 saturated heterocycles. The minimum absolute atomic E-state index is 0.0157. The number of quaternary nitrogens is 1. The third kappa shape index (κ3) is 4.58. The van der Waals surface area contributed by atoms with Crippen molar-refractivity contribution in [3.8, 4) is 0 Å². The van der Waals surface area contributed by atoms with Crippen LogP contribution in [-0.2, 0) is 10.5 Å². The van der Waals surface area contributed by atoms with Gasteiger partial charge in [-0.2, -0.15) is 0 Å². The van der Waals surface area contributed by atoms with Gasteiger partial charge >= 0.3 is 0 Å². The summed E-state index contributed by atoms with van der Waals surface area (Å²) in [4.78, 5) is 14.3. The van der Waals surface area contributed by atoms with E-state index < -0.39 is 0 Å². The Morgan fingerprint density at radius 3 is 2.60 bits per heavy atom. The molecular weight excluding hydrogens is 376 g/mol. The molecular formula is C17H24ClN4OS2+. The van der Waals surface area contributed by atoms with E-state index in [0.717, 1.165) is 36.7 Å². The van der Waals surface area contributed by atoms with E-state index in [9.17, 15) is 4.79 Å². The second kappa shape index (κ2) is 8.58. The lowest BCUT2D eigenvalue weighted by Crippen LogP contribution is -3.19. The number of amides is 1. The van der Waals surface area contributed by atoms with Crippen molar-refractivity contribution in [1.29, 1.82) is 0 Å². The van der Waals surface area contributed by atoms with Gasteiger partial charge in [-0.25, -0.2) is 0 Å². The van der Waals surface area contributed by atoms with Gasteiger partial charge in [-0.1, -0.05) is 35.5 Å². The number of thioether (sulfide) groups is 1. The molecule has 3 heterocycles. The standard InChI is InChI=1S/C17H23ClN4OS2/c1-19-17(24)21-20-15(23)14-12-6-8-22(9-7-12)16(14)25-10-11-2-4-13(18)5-3-11/h2-5,12,14,16H,6-10H2,1H3,(H,20,23)(H2,19,21,24)/p+1/t14-,16+/m0/s1. The molecule has 3 aliphatic heterocycles. The molecule has 2 atom stereocenters. The van der Waals surface area contributed by atoms with Crippen LogP contribution in [0.5, 0.6) is 0 Å². The Morgan fingerprint density at radius 2 is 1.96 bits per heavy atom. The highest BCUT2D eigenvalue weighted by Gasteiger charge is 2.49. The van der Waals surface area contributed by atoms with Crippen molar-refractivity contribution in [1.82, 2.24) is 16.2 Å². The maximum atomic E-state index is 12.8. The highest BCUT2D eigenvalue weighted by Crippen LogP contribution is 2.34. The molecule has 8 heteroatoms. The maximum Gasteiger partial charge on any atom is 0.248 e. The van der Waals surface area contributed by atoms with Gasteiger partial charge in [-0.15, -0.1) is 0 Å². The van der Waals surface area contributed by atoms with Crippen LogP contribution in [0.3, 0.4) is 0 Å². The van der Waals surface area contributed by atoms with Crippen LogP contribution in [0.15, 0.2) is 24.3 Å². The minimum atomic E-state index is 0.0157. The second-order valence-corrected chi connectivity index (χ2v) is 8.55. The highest BCUT2D eigenvalue weighted by atomic mass is 35.5. The molecule has 25 heavy (non-hydrogen) atoms. The van der Waals surface area contributed by atoms with E-state index in [1.165, 1.54) is 10.5 Å². The molecule has 4 rings (SSSR count). The van der Waals surface area contributed by atoms with Crippen LogP contribution in [0.4, 0.5) is 0 Å². The largest absolute Gasteiger partial charge is 0.364 e. The van der Waals surface area contributed by atoms with Gasteiger partial charge in [0.25, 0.3) is 0 Å². The van der Waals surface area contributed by atoms with E-state index >= 15 is 0 Å². The highest BCUT2D eigenvalue weighted by molar-refractivity contribution is 7.98. The van der Waals surface area contributed by atoms with Crippen molar-refractivity contribution in [3.05, 3.63) is 34.9 Å². The molecule has 1 amide bonds. The Morgan fingerprint density at radius 1 is 1.28 bits per heavy atom. The van der Waals surface area contributed by atoms with Crippen LogP contribution in [-0.4, -0.2) is 36.5 Å². The van der Waals surface area contributed by atoms with Crippen molar-refractivity contribution in [3.63, 3.8) is 0 Å². The summed E-state index contributed by atoms with van der Waals surface area (Å²) >= 11 is 12.9. The van der Waals surface area contributed by atoms with E-state index in [4.69, 9.17) is 23.8 Å². The zero-order valence-electron chi connectivity index (χ0n) is 14.2. The lowest BCUT2D eigenvalue weighted by Gasteiger charge is -2.46. The van der Waals surface area contributed by atoms with Gasteiger partial charge in [0.15, 0.2) is 5.11 Å². The zero-order chi connectivity index (χ0) is 17.8. The Labute approximate surface area is 163 Å². The number of thiocarbonyl (C=S) groups is 1. The third-order valence-electron chi connectivity index (χ3n) is 5.08. The molecule has 0 saturated carbocycles. The summed E-state index contributed by atoms with van der Waals surface area (Å²) in [5.74, 6) is 1.42. The molecule has 0 radical (unpaired) electrons. The van der Waals surface area contributed by atoms with Crippen LogP contribution in [0.2, 0.25) is 5.02 Å². The number of hydrazine groups is 1. The summed E-state index contributed by atoms with van der Waals surface area (Å²) in [5, 5.41) is 4.27. The summed E-state index contributed by atoms with van der Waals surface area (Å²) in [5.41, 5.74) is 6.80. The molecule has 3 fully saturated rings. The monoisotopic (exact) mass is 399 g/mol. The topological polar surface area (TPSA) is 57.6 Å². The van der Waals surface area contributed by atoms with Crippen molar-refractivity contribution in [2.24, 2.45) is 11.8 Å². The molecule has 4 N–H and O–H groups in total. The average molecular weight is 400 g/mol. The fraction of sp³-hybridized carbons (Fsp3) is 0.529. The summed E-state index contributed by atoms with van der Waals surface area (Å²) in [6.07, 6.45) is 2.25. The van der Waals surface area contributed by atoms with Gasteiger partial charge < -0.3 is 10.2 Å². The maximum absolute atomic E-state index is 12.8. The summed E-state index contributed by atoms with van der Waals surface area (Å²) < 4.78 is 0. The molecule has 0 unspecified atom stereocenters. The molecule has 0 aromatic heterocycles. The van der Waals surface area contributed by atoms with Gasteiger partial charge in [0.05, 0.1) is 13.1 Å². The number of carbonyl (C=O) groups is 1. The molecule has 1 aromatic rings. The molecule has 3 aliphatic rings. The Bertz CT molecular complexity index is 620. The van der Waals surface area contributed by atoms with E-state index in [-0.39, 0.29) is 17.2 Å². The molecule has 136 valence electrons. The third-order valence-corrected chi connectivity index (χ3v) is 7.12. The number of halogens is 1. The first-order chi connectivity index (χ1) is 12.1. The molecule has 2 bridgehead atoms. The van der Waals surface area contributed by atoms with Crippen LogP contribution in [0.25, 0.3) is 0 Å². The predicted octanol–water partition coefficient (Wildman–Crippen LogP) is 0.949. The fourth-order valence-corrected chi connectivity index (χ4v) is 5.53. The van der Waals surface area contributed by atoms with Crippen LogP contribution >= 0.6 is 35.6 Å². The van der Waals surface area contributed by atoms with Gasteiger partial charge in [-0.05, 0) is 35.8 Å². The lowest BCUT2D eigenvalue weighted by molar-refractivity contribution is -0.930. The SMILES string of the molecule is CNC(=S)NNC(=O)[C@@H]1C2CC[NH+](CC2)[C@@H]1SCc1ccc(Cl)cc1. The Hall–Kier alpha value is -1.02. The number of piperidine rings is 3. The Balaban J connectivity index is 1.65. The molecule has 0 aliphatic carbocycles. The molecule has 0 spiro atoms. The van der Waals surface area contributed by atoms with E-state index in [1.807, 2.05) is 23.9 Å². The van der Waals surface area contributed by atoms with Crippen LogP contribution < -0.4 is 21.1 Å². The minimum Gasteiger partial charge on any atom is -0.364 e. The smallest absolute Gasteiger partial charge is 0.248 e. The first-order valence-corrected chi connectivity index (χ1v) is 10.4. The van der Waals surface area contributed by atoms with E-state index in [1.54, 1.807) is 7.05 Å². The van der Waals surface area contributed by atoms with Gasteiger partial charge in [0, 0.05) is 30.7 Å². The van der Waals surface area contributed by atoms with Crippen LogP contribution in [0.1, 0.15) is 18.4 Å². The van der Waals surface area contributed by atoms with Crippen molar-refractivity contribution in [2.45, 2.75) is 24.0 Å². The number of rotatable bonds is 4. The van der Waals surface area contributed by atoms with Gasteiger partial charge in [0.2, 0.25) is 5.91 Å². The van der Waals surface area contributed by atoms with E-state index in [0.29, 0.717) is 11.0 Å². The van der Waals surface area contributed by atoms with Crippen molar-refractivity contribution < 1.29 is 9.69 Å². The summed E-state index contributed by atoms with van der Waals surface area (Å²) in [6, 6.07) is 7.96. The quantitative estimate of drug-likeness (QED) is 0.448. The number of fused-ring (bicyclic) bond motifs is 3. The van der Waals surface area contributed by atoms with Gasteiger partial charge in [-0.3, -0.25) is 15.6 Å². The average Bonchev–Trinajstić information content (AvgIpc) is 2.65. The lowest BCUT2D eigenvalue weighted by atomic mass is 9.78. The zero-order valence-corrected chi connectivity index (χ0v) is 16.6. The summed E-state index contributed by atoms with van der Waals surface area (Å²) in [7, 11) is 1.73. The number of carbonyl (C=O) groups excluding carboxylic acids is 1. The number of hydrogen-bond donors (Lipinski definition) is 4. The first-order valence-electron chi connectivity index (χ1n) is 8.56.